The number of morpholine rings is 1. The quantitative estimate of drug-likeness (QED) is 0.814. The minimum absolute atomic E-state index is 0.207. The molecule has 0 aliphatic carbocycles. The number of anilines is 1. The summed E-state index contributed by atoms with van der Waals surface area (Å²) in [6.45, 7) is 9.53. The molecule has 0 saturated carbocycles. The summed E-state index contributed by atoms with van der Waals surface area (Å²) in [5.41, 5.74) is 0. The Labute approximate surface area is 120 Å². The maximum absolute atomic E-state index is 5.75. The van der Waals surface area contributed by atoms with Crippen molar-refractivity contribution in [1.82, 2.24) is 14.9 Å². The van der Waals surface area contributed by atoms with E-state index in [1.54, 1.807) is 0 Å². The van der Waals surface area contributed by atoms with E-state index in [1.807, 2.05) is 6.07 Å². The minimum atomic E-state index is 0.207. The molecule has 20 heavy (non-hydrogen) atoms. The van der Waals surface area contributed by atoms with Gasteiger partial charge < -0.3 is 14.8 Å². The van der Waals surface area contributed by atoms with E-state index in [9.17, 15) is 0 Å². The van der Waals surface area contributed by atoms with Crippen LogP contribution in [0.1, 0.15) is 20.3 Å². The van der Waals surface area contributed by atoms with E-state index in [-0.39, 0.29) is 6.10 Å². The molecule has 1 aliphatic heterocycles. The van der Waals surface area contributed by atoms with E-state index in [0.29, 0.717) is 12.5 Å². The number of hydrogen-bond acceptors (Lipinski definition) is 6. The van der Waals surface area contributed by atoms with Gasteiger partial charge in [0.25, 0.3) is 0 Å². The first-order valence-electron chi connectivity index (χ1n) is 7.34. The highest BCUT2D eigenvalue weighted by molar-refractivity contribution is 5.37. The molecule has 1 saturated heterocycles. The predicted octanol–water partition coefficient (Wildman–Crippen LogP) is 1.40. The van der Waals surface area contributed by atoms with Gasteiger partial charge in [-0.3, -0.25) is 4.90 Å². The molecule has 0 bridgehead atoms. The zero-order valence-electron chi connectivity index (χ0n) is 12.3. The summed E-state index contributed by atoms with van der Waals surface area (Å²) in [5, 5.41) is 3.29. The maximum Gasteiger partial charge on any atom is 0.218 e. The van der Waals surface area contributed by atoms with Gasteiger partial charge >= 0.3 is 0 Å². The molecule has 1 N–H and O–H groups in total. The van der Waals surface area contributed by atoms with E-state index in [4.69, 9.17) is 9.47 Å². The van der Waals surface area contributed by atoms with Gasteiger partial charge in [0.2, 0.25) is 5.88 Å². The third-order valence-corrected chi connectivity index (χ3v) is 3.28. The van der Waals surface area contributed by atoms with E-state index < -0.39 is 0 Å². The molecule has 0 aromatic carbocycles. The fourth-order valence-corrected chi connectivity index (χ4v) is 2.13. The summed E-state index contributed by atoms with van der Waals surface area (Å²) in [6, 6.07) is 1.83. The van der Waals surface area contributed by atoms with Crippen LogP contribution in [-0.4, -0.2) is 60.4 Å². The fraction of sp³-hybridized carbons (Fsp3) is 0.714. The molecule has 0 spiro atoms. The van der Waals surface area contributed by atoms with Crippen LogP contribution in [0.2, 0.25) is 0 Å². The van der Waals surface area contributed by atoms with Crippen molar-refractivity contribution in [3.05, 3.63) is 12.4 Å². The second-order valence-electron chi connectivity index (χ2n) is 4.86. The Morgan fingerprint density at radius 3 is 3.15 bits per heavy atom. The predicted molar refractivity (Wildman–Crippen MR) is 78.2 cm³/mol. The number of hydrogen-bond donors (Lipinski definition) is 1. The largest absolute Gasteiger partial charge is 0.478 e. The van der Waals surface area contributed by atoms with E-state index >= 15 is 0 Å². The van der Waals surface area contributed by atoms with Crippen LogP contribution in [0.15, 0.2) is 12.4 Å². The lowest BCUT2D eigenvalue weighted by Gasteiger charge is -2.32. The van der Waals surface area contributed by atoms with Crippen molar-refractivity contribution in [1.29, 1.82) is 0 Å². The molecule has 0 radical (unpaired) electrons. The topological polar surface area (TPSA) is 59.5 Å². The molecule has 1 aromatic heterocycles. The molecule has 1 aromatic rings. The maximum atomic E-state index is 5.75. The van der Waals surface area contributed by atoms with E-state index in [2.05, 4.69) is 34.0 Å². The molecule has 2 heterocycles. The second kappa shape index (κ2) is 8.01. The third kappa shape index (κ3) is 4.61. The Balaban J connectivity index is 1.81. The van der Waals surface area contributed by atoms with Crippen LogP contribution >= 0.6 is 0 Å². The zero-order valence-corrected chi connectivity index (χ0v) is 12.3. The summed E-state index contributed by atoms with van der Waals surface area (Å²) in [5.74, 6) is 1.40. The lowest BCUT2D eigenvalue weighted by atomic mass is 10.2. The van der Waals surface area contributed by atoms with Crippen molar-refractivity contribution >= 4 is 5.82 Å². The summed E-state index contributed by atoms with van der Waals surface area (Å²) >= 11 is 0. The summed E-state index contributed by atoms with van der Waals surface area (Å²) < 4.78 is 11.2. The lowest BCUT2D eigenvalue weighted by molar-refractivity contribution is -0.0192. The first-order valence-corrected chi connectivity index (χ1v) is 7.34. The zero-order chi connectivity index (χ0) is 14.2. The highest BCUT2D eigenvalue weighted by Gasteiger charge is 2.18. The van der Waals surface area contributed by atoms with Gasteiger partial charge in [-0.15, -0.1) is 0 Å². The second-order valence-corrected chi connectivity index (χ2v) is 4.86. The first kappa shape index (κ1) is 15.0. The van der Waals surface area contributed by atoms with Crippen LogP contribution in [0.4, 0.5) is 5.82 Å². The van der Waals surface area contributed by atoms with Crippen molar-refractivity contribution in [2.45, 2.75) is 26.4 Å². The Bertz CT molecular complexity index is 403. The number of aromatic nitrogens is 2. The number of rotatable bonds is 7. The van der Waals surface area contributed by atoms with Crippen LogP contribution in [-0.2, 0) is 4.74 Å². The van der Waals surface area contributed by atoms with Crippen LogP contribution in [0, 0.1) is 0 Å². The third-order valence-electron chi connectivity index (χ3n) is 3.28. The van der Waals surface area contributed by atoms with Crippen LogP contribution in [0.5, 0.6) is 5.88 Å². The number of nitrogens with one attached hydrogen (secondary N) is 1. The van der Waals surface area contributed by atoms with Gasteiger partial charge in [-0.25, -0.2) is 9.97 Å². The van der Waals surface area contributed by atoms with Crippen LogP contribution < -0.4 is 10.1 Å². The van der Waals surface area contributed by atoms with Crippen molar-refractivity contribution in [3.8, 4) is 5.88 Å². The molecular formula is C14H24N4O2. The van der Waals surface area contributed by atoms with Gasteiger partial charge in [0.15, 0.2) is 0 Å². The average molecular weight is 280 g/mol. The standard InChI is InChI=1S/C14H24N4O2/c1-3-6-20-14-8-13(16-11-17-14)15-9-12-10-18(4-2)5-7-19-12/h8,11-12H,3-7,9-10H2,1-2H3,(H,15,16,17). The van der Waals surface area contributed by atoms with Crippen molar-refractivity contribution < 1.29 is 9.47 Å². The van der Waals surface area contributed by atoms with Gasteiger partial charge in [-0.1, -0.05) is 13.8 Å². The molecule has 1 aliphatic rings. The molecule has 6 nitrogen and oxygen atoms in total. The molecule has 6 heteroatoms. The SMILES string of the molecule is CCCOc1cc(NCC2CN(CC)CCO2)ncn1. The first-order chi connectivity index (χ1) is 9.81. The normalized spacial score (nSPS) is 19.8. The van der Waals surface area contributed by atoms with E-state index in [0.717, 1.165) is 45.0 Å². The van der Waals surface area contributed by atoms with E-state index in [1.165, 1.54) is 6.33 Å². The highest BCUT2D eigenvalue weighted by Crippen LogP contribution is 2.12. The Hall–Kier alpha value is -1.40. The van der Waals surface area contributed by atoms with Crippen LogP contribution in [0.3, 0.4) is 0 Å². The summed E-state index contributed by atoms with van der Waals surface area (Å²) in [4.78, 5) is 10.7. The van der Waals surface area contributed by atoms with Crippen molar-refractivity contribution in [2.24, 2.45) is 0 Å². The molecule has 0 amide bonds. The van der Waals surface area contributed by atoms with Gasteiger partial charge in [0, 0.05) is 25.7 Å². The molecule has 112 valence electrons. The van der Waals surface area contributed by atoms with Gasteiger partial charge in [-0.2, -0.15) is 0 Å². The Kier molecular flexibility index (Phi) is 6.01. The lowest BCUT2D eigenvalue weighted by Crippen LogP contribution is -2.45. The Morgan fingerprint density at radius 1 is 1.45 bits per heavy atom. The van der Waals surface area contributed by atoms with Gasteiger partial charge in [0.1, 0.15) is 12.1 Å². The Morgan fingerprint density at radius 2 is 2.35 bits per heavy atom. The van der Waals surface area contributed by atoms with Crippen molar-refractivity contribution in [2.75, 3.05) is 44.7 Å². The fourth-order valence-electron chi connectivity index (χ4n) is 2.13. The van der Waals surface area contributed by atoms with Gasteiger partial charge in [-0.05, 0) is 13.0 Å². The summed E-state index contributed by atoms with van der Waals surface area (Å²) in [6.07, 6.45) is 2.70. The number of nitrogens with zero attached hydrogens (tertiary/aromatic N) is 3. The molecule has 1 unspecified atom stereocenters. The summed E-state index contributed by atoms with van der Waals surface area (Å²) in [7, 11) is 0. The molecule has 1 atom stereocenters. The van der Waals surface area contributed by atoms with Crippen LogP contribution in [0.25, 0.3) is 0 Å². The van der Waals surface area contributed by atoms with Crippen molar-refractivity contribution in [3.63, 3.8) is 0 Å². The number of likely N-dealkylation sites (N-methyl/N-ethyl adjacent to an activating group) is 1. The monoisotopic (exact) mass is 280 g/mol. The highest BCUT2D eigenvalue weighted by atomic mass is 16.5. The van der Waals surface area contributed by atoms with Gasteiger partial charge in [0.05, 0.1) is 19.3 Å². The molecular weight excluding hydrogens is 256 g/mol. The number of ether oxygens (including phenoxy) is 2. The smallest absolute Gasteiger partial charge is 0.218 e. The molecule has 2 rings (SSSR count). The minimum Gasteiger partial charge on any atom is -0.478 e. The molecule has 1 fully saturated rings. The average Bonchev–Trinajstić information content (AvgIpc) is 2.51.